The molecule has 0 bridgehead atoms. The quantitative estimate of drug-likeness (QED) is 0.485. The molecule has 4 amide bonds. The van der Waals surface area contributed by atoms with Gasteiger partial charge in [-0.05, 0) is 35.1 Å². The number of carbonyl (C=O) groups excluding carboxylic acids is 4. The first kappa shape index (κ1) is 25.0. The largest absolute Gasteiger partial charge is 0.349 e. The van der Waals surface area contributed by atoms with E-state index in [4.69, 9.17) is 35.1 Å². The molecule has 0 aromatic heterocycles. The van der Waals surface area contributed by atoms with Crippen molar-refractivity contribution in [3.8, 4) is 0 Å². The van der Waals surface area contributed by atoms with Gasteiger partial charge in [0, 0.05) is 29.2 Å². The zero-order valence-corrected chi connectivity index (χ0v) is 18.8. The molecule has 0 saturated carbocycles. The van der Waals surface area contributed by atoms with Crippen LogP contribution in [-0.4, -0.2) is 58.1 Å². The van der Waals surface area contributed by atoms with E-state index in [2.05, 4.69) is 10.6 Å². The molecule has 172 valence electrons. The first-order chi connectivity index (χ1) is 16.3. The number of rotatable bonds is 5. The van der Waals surface area contributed by atoms with Crippen LogP contribution >= 0.6 is 11.6 Å². The highest BCUT2D eigenvalue weighted by molar-refractivity contribution is 6.50. The Morgan fingerprint density at radius 2 is 1.80 bits per heavy atom. The fourth-order valence-electron chi connectivity index (χ4n) is 4.10. The molecule has 1 saturated heterocycles. The summed E-state index contributed by atoms with van der Waals surface area (Å²) in [6, 6.07) is 7.68. The summed E-state index contributed by atoms with van der Waals surface area (Å²) in [7, 11) is 17.7. The topological polar surface area (TPSA) is 95.6 Å². The maximum atomic E-state index is 14.5. The van der Waals surface area contributed by atoms with Gasteiger partial charge in [0.25, 0.3) is 11.8 Å². The molecule has 2 N–H and O–H groups in total. The average Bonchev–Trinajstić information content (AvgIpc) is 3.11. The Morgan fingerprint density at radius 1 is 1.14 bits per heavy atom. The molecule has 2 aliphatic heterocycles. The second-order valence-electron chi connectivity index (χ2n) is 8.42. The van der Waals surface area contributed by atoms with Crippen LogP contribution in [0.15, 0.2) is 42.5 Å². The SMILES string of the molecule is [B]C1C(=O)NC(=O)C(N2Cc3cc(CNC(=O)C(F)(F)c4ccc(Cl)cc4)ccc3C2=O)C1([B])[B]. The first-order valence-corrected chi connectivity index (χ1v) is 10.7. The van der Waals surface area contributed by atoms with Gasteiger partial charge in [-0.25, -0.2) is 0 Å². The van der Waals surface area contributed by atoms with Crippen molar-refractivity contribution < 1.29 is 28.0 Å². The molecule has 7 nitrogen and oxygen atoms in total. The van der Waals surface area contributed by atoms with E-state index in [0.717, 1.165) is 17.0 Å². The molecule has 2 atom stereocenters. The minimum atomic E-state index is -3.79. The van der Waals surface area contributed by atoms with Crippen molar-refractivity contribution in [1.29, 1.82) is 0 Å². The van der Waals surface area contributed by atoms with Gasteiger partial charge in [-0.15, -0.1) is 0 Å². The normalized spacial score (nSPS) is 21.5. The van der Waals surface area contributed by atoms with E-state index in [-0.39, 0.29) is 23.7 Å². The van der Waals surface area contributed by atoms with Crippen LogP contribution in [0.5, 0.6) is 0 Å². The first-order valence-electron chi connectivity index (χ1n) is 10.4. The zero-order chi connectivity index (χ0) is 25.7. The lowest BCUT2D eigenvalue weighted by atomic mass is 9.39. The van der Waals surface area contributed by atoms with Crippen LogP contribution in [-0.2, 0) is 33.4 Å². The van der Waals surface area contributed by atoms with Crippen LogP contribution in [0.2, 0.25) is 16.1 Å². The molecule has 6 radical (unpaired) electrons. The maximum absolute atomic E-state index is 14.5. The van der Waals surface area contributed by atoms with Crippen molar-refractivity contribution in [3.63, 3.8) is 0 Å². The lowest BCUT2D eigenvalue weighted by molar-refractivity contribution is -0.147. The van der Waals surface area contributed by atoms with Gasteiger partial charge in [-0.2, -0.15) is 8.78 Å². The number of hydrogen-bond acceptors (Lipinski definition) is 4. The number of piperidine rings is 1. The standard InChI is InChI=1S/C22H15B3ClF2N3O4/c23-15-17(32)30-18(33)16(21(15,24)25)31-9-11-7-10(1-6-14(11)19(31)34)8-29-20(35)22(27,28)12-2-4-13(26)5-3-12/h1-7,15-16H,8-9H2,(H,29,35)(H,30,32,33). The minimum absolute atomic E-state index is 0.0912. The van der Waals surface area contributed by atoms with Gasteiger partial charge in [-0.1, -0.05) is 41.1 Å². The molecule has 2 unspecified atom stereocenters. The second-order valence-corrected chi connectivity index (χ2v) is 8.86. The van der Waals surface area contributed by atoms with Crippen LogP contribution in [0.4, 0.5) is 8.78 Å². The molecule has 13 heteroatoms. The highest BCUT2D eigenvalue weighted by Crippen LogP contribution is 2.43. The van der Waals surface area contributed by atoms with E-state index in [1.54, 1.807) is 0 Å². The molecule has 0 aliphatic carbocycles. The predicted molar refractivity (Wildman–Crippen MR) is 124 cm³/mol. The van der Waals surface area contributed by atoms with Gasteiger partial charge in [0.15, 0.2) is 0 Å². The van der Waals surface area contributed by atoms with Crippen molar-refractivity contribution >= 4 is 58.8 Å². The number of nitrogens with zero attached hydrogens (tertiary/aromatic N) is 1. The summed E-state index contributed by atoms with van der Waals surface area (Å²) in [6.45, 7) is -0.337. The Hall–Kier alpha value is -3.14. The van der Waals surface area contributed by atoms with Crippen LogP contribution in [0, 0.1) is 0 Å². The molecule has 2 aliphatic rings. The number of benzene rings is 2. The van der Waals surface area contributed by atoms with Gasteiger partial charge in [0.05, 0.1) is 23.5 Å². The molecular formula is C22H15B3ClF2N3O4. The number of hydrogen-bond donors (Lipinski definition) is 2. The Balaban J connectivity index is 1.49. The predicted octanol–water partition coefficient (Wildman–Crippen LogP) is 1.14. The van der Waals surface area contributed by atoms with Crippen LogP contribution in [0.3, 0.4) is 0 Å². The second kappa shape index (κ2) is 8.82. The van der Waals surface area contributed by atoms with Crippen molar-refractivity contribution in [2.75, 3.05) is 0 Å². The molecule has 2 aromatic rings. The Labute approximate surface area is 208 Å². The molecule has 2 aromatic carbocycles. The number of imide groups is 1. The molecule has 35 heavy (non-hydrogen) atoms. The highest BCUT2D eigenvalue weighted by Gasteiger charge is 2.51. The summed E-state index contributed by atoms with van der Waals surface area (Å²) < 4.78 is 29.0. The summed E-state index contributed by atoms with van der Waals surface area (Å²) in [5.74, 6) is -9.01. The van der Waals surface area contributed by atoms with Crippen molar-refractivity contribution in [2.45, 2.75) is 36.1 Å². The van der Waals surface area contributed by atoms with E-state index in [1.807, 2.05) is 0 Å². The van der Waals surface area contributed by atoms with Crippen LogP contribution < -0.4 is 10.6 Å². The summed E-state index contributed by atoms with van der Waals surface area (Å²) in [5, 5.41) is 2.48. The van der Waals surface area contributed by atoms with Crippen LogP contribution in [0.25, 0.3) is 0 Å². The van der Waals surface area contributed by atoms with E-state index in [0.29, 0.717) is 11.1 Å². The Bertz CT molecular complexity index is 1240. The van der Waals surface area contributed by atoms with E-state index in [9.17, 15) is 28.0 Å². The molecule has 2 heterocycles. The number of amides is 4. The fourth-order valence-corrected chi connectivity index (χ4v) is 4.23. The van der Waals surface area contributed by atoms with E-state index >= 15 is 0 Å². The Morgan fingerprint density at radius 3 is 2.46 bits per heavy atom. The lowest BCUT2D eigenvalue weighted by Gasteiger charge is -2.46. The van der Waals surface area contributed by atoms with E-state index < -0.39 is 52.2 Å². The average molecular weight is 491 g/mol. The summed E-state index contributed by atoms with van der Waals surface area (Å²) in [4.78, 5) is 50.5. The minimum Gasteiger partial charge on any atom is -0.346 e. The van der Waals surface area contributed by atoms with Crippen molar-refractivity contribution in [3.05, 3.63) is 69.7 Å². The highest BCUT2D eigenvalue weighted by atomic mass is 35.5. The van der Waals surface area contributed by atoms with Gasteiger partial charge in [-0.3, -0.25) is 24.5 Å². The van der Waals surface area contributed by atoms with Gasteiger partial charge >= 0.3 is 5.92 Å². The molecule has 4 rings (SSSR count). The third kappa shape index (κ3) is 4.35. The third-order valence-electron chi connectivity index (χ3n) is 6.05. The molecule has 1 fully saturated rings. The van der Waals surface area contributed by atoms with Gasteiger partial charge < -0.3 is 10.2 Å². The smallest absolute Gasteiger partial charge is 0.346 e. The molecular weight excluding hydrogens is 476 g/mol. The number of fused-ring (bicyclic) bond motifs is 1. The van der Waals surface area contributed by atoms with Crippen molar-refractivity contribution in [2.24, 2.45) is 0 Å². The number of halogens is 3. The number of nitrogens with one attached hydrogen (secondary N) is 2. The summed E-state index contributed by atoms with van der Waals surface area (Å²) >= 11 is 5.71. The van der Waals surface area contributed by atoms with Crippen molar-refractivity contribution in [1.82, 2.24) is 15.5 Å². The fraction of sp³-hybridized carbons (Fsp3) is 0.273. The monoisotopic (exact) mass is 491 g/mol. The van der Waals surface area contributed by atoms with Gasteiger partial charge in [0.2, 0.25) is 11.8 Å². The van der Waals surface area contributed by atoms with Crippen LogP contribution in [0.1, 0.15) is 27.0 Å². The van der Waals surface area contributed by atoms with E-state index in [1.165, 1.54) is 30.3 Å². The summed E-state index contributed by atoms with van der Waals surface area (Å²) in [5.41, 5.74) is 0.621. The maximum Gasteiger partial charge on any atom is 0.349 e. The number of alkyl halides is 2. The Kier molecular flexibility index (Phi) is 6.29. The third-order valence-corrected chi connectivity index (χ3v) is 6.30. The molecule has 0 spiro atoms. The lowest BCUT2D eigenvalue weighted by Crippen LogP contribution is -2.62. The zero-order valence-electron chi connectivity index (χ0n) is 18.1. The van der Waals surface area contributed by atoms with Gasteiger partial charge in [0.1, 0.15) is 6.04 Å². The number of carbonyl (C=O) groups is 4. The summed E-state index contributed by atoms with van der Waals surface area (Å²) in [6.07, 6.45) is 0.